The van der Waals surface area contributed by atoms with Crippen LogP contribution in [0.2, 0.25) is 5.02 Å². The van der Waals surface area contributed by atoms with Crippen LogP contribution in [0.1, 0.15) is 35.6 Å². The molecule has 0 saturated heterocycles. The number of sulfonamides is 1. The normalized spacial score (nSPS) is 15.8. The Kier molecular flexibility index (Phi) is 7.10. The summed E-state index contributed by atoms with van der Waals surface area (Å²) in [6, 6.07) is 17.4. The molecule has 1 aliphatic rings. The van der Waals surface area contributed by atoms with Crippen molar-refractivity contribution in [3.05, 3.63) is 94.5 Å². The smallest absolute Gasteiger partial charge is 0.348 e. The molecule has 0 saturated carbocycles. The predicted molar refractivity (Wildman–Crippen MR) is 128 cm³/mol. The van der Waals surface area contributed by atoms with E-state index in [4.69, 9.17) is 11.6 Å². The van der Waals surface area contributed by atoms with Gasteiger partial charge < -0.3 is 5.32 Å². The molecule has 184 valence electrons. The van der Waals surface area contributed by atoms with Gasteiger partial charge in [-0.15, -0.1) is 0 Å². The topological polar surface area (TPSA) is 66.5 Å². The maximum Gasteiger partial charge on any atom is 0.417 e. The first-order valence-corrected chi connectivity index (χ1v) is 12.7. The van der Waals surface area contributed by atoms with E-state index in [1.807, 2.05) is 24.3 Å². The monoisotopic (exact) mass is 522 g/mol. The van der Waals surface area contributed by atoms with Crippen LogP contribution in [0.25, 0.3) is 0 Å². The van der Waals surface area contributed by atoms with Gasteiger partial charge in [0.2, 0.25) is 5.91 Å². The van der Waals surface area contributed by atoms with Gasteiger partial charge in [0.15, 0.2) is 0 Å². The molecule has 0 aliphatic heterocycles. The average Bonchev–Trinajstić information content (AvgIpc) is 2.83. The van der Waals surface area contributed by atoms with E-state index in [2.05, 4.69) is 5.32 Å². The van der Waals surface area contributed by atoms with Crippen LogP contribution >= 0.6 is 11.6 Å². The molecule has 3 aromatic rings. The zero-order chi connectivity index (χ0) is 25.2. The number of anilines is 1. The van der Waals surface area contributed by atoms with E-state index in [0.717, 1.165) is 36.1 Å². The number of benzene rings is 3. The third-order valence-electron chi connectivity index (χ3n) is 5.87. The standard InChI is InChI=1S/C25H22ClF3N2O3S/c26-22-14-13-18(15-21(22)25(27,28)29)31(35(33,34)19-9-2-1-3-10-19)16-24(32)30-23-12-6-8-17-7-4-5-11-20(17)23/h1-5,7,9-11,13-15,23H,6,8,12,16H2,(H,30,32). The number of halogens is 4. The van der Waals surface area contributed by atoms with Crippen LogP contribution in [0.5, 0.6) is 0 Å². The fourth-order valence-corrected chi connectivity index (χ4v) is 5.85. The number of amides is 1. The van der Waals surface area contributed by atoms with Crippen molar-refractivity contribution < 1.29 is 26.4 Å². The number of nitrogens with one attached hydrogen (secondary N) is 1. The Hall–Kier alpha value is -3.04. The minimum Gasteiger partial charge on any atom is -0.348 e. The zero-order valence-corrected chi connectivity index (χ0v) is 20.0. The van der Waals surface area contributed by atoms with Crippen molar-refractivity contribution in [3.63, 3.8) is 0 Å². The Morgan fingerprint density at radius 1 is 1.03 bits per heavy atom. The largest absolute Gasteiger partial charge is 0.417 e. The molecule has 1 amide bonds. The van der Waals surface area contributed by atoms with E-state index in [1.54, 1.807) is 6.07 Å². The molecule has 5 nitrogen and oxygen atoms in total. The SMILES string of the molecule is O=C(CN(c1ccc(Cl)c(C(F)(F)F)c1)S(=O)(=O)c1ccccc1)NC1CCCc2ccccc21. The van der Waals surface area contributed by atoms with Crippen LogP contribution < -0.4 is 9.62 Å². The minimum absolute atomic E-state index is 0.153. The first-order valence-electron chi connectivity index (χ1n) is 10.9. The molecular weight excluding hydrogens is 501 g/mol. The second kappa shape index (κ2) is 9.91. The highest BCUT2D eigenvalue weighted by molar-refractivity contribution is 7.92. The third-order valence-corrected chi connectivity index (χ3v) is 7.98. The van der Waals surface area contributed by atoms with Crippen molar-refractivity contribution in [2.24, 2.45) is 0 Å². The summed E-state index contributed by atoms with van der Waals surface area (Å²) in [5.74, 6) is -0.630. The number of rotatable bonds is 6. The summed E-state index contributed by atoms with van der Waals surface area (Å²) in [5, 5.41) is 2.29. The quantitative estimate of drug-likeness (QED) is 0.448. The summed E-state index contributed by atoms with van der Waals surface area (Å²) in [6.45, 7) is -0.700. The average molecular weight is 523 g/mol. The van der Waals surface area contributed by atoms with Crippen LogP contribution in [0.4, 0.5) is 18.9 Å². The van der Waals surface area contributed by atoms with Crippen molar-refractivity contribution in [2.75, 3.05) is 10.8 Å². The van der Waals surface area contributed by atoms with Gasteiger partial charge in [0, 0.05) is 0 Å². The maximum absolute atomic E-state index is 13.5. The van der Waals surface area contributed by atoms with Crippen molar-refractivity contribution >= 4 is 33.2 Å². The number of hydrogen-bond donors (Lipinski definition) is 1. The van der Waals surface area contributed by atoms with E-state index in [0.29, 0.717) is 16.8 Å². The lowest BCUT2D eigenvalue weighted by Crippen LogP contribution is -2.42. The number of nitrogens with zero attached hydrogens (tertiary/aromatic N) is 1. The van der Waals surface area contributed by atoms with Gasteiger partial charge in [0.05, 0.1) is 27.2 Å². The van der Waals surface area contributed by atoms with Gasteiger partial charge in [0.25, 0.3) is 10.0 Å². The van der Waals surface area contributed by atoms with Crippen molar-refractivity contribution in [2.45, 2.75) is 36.4 Å². The van der Waals surface area contributed by atoms with E-state index in [-0.39, 0.29) is 16.6 Å². The van der Waals surface area contributed by atoms with Gasteiger partial charge in [-0.1, -0.05) is 54.1 Å². The van der Waals surface area contributed by atoms with Gasteiger partial charge in [-0.05, 0) is 60.7 Å². The van der Waals surface area contributed by atoms with Gasteiger partial charge >= 0.3 is 6.18 Å². The molecule has 0 fully saturated rings. The highest BCUT2D eigenvalue weighted by Crippen LogP contribution is 2.38. The lowest BCUT2D eigenvalue weighted by atomic mass is 9.88. The summed E-state index contributed by atoms with van der Waals surface area (Å²) in [6.07, 6.45) is -2.40. The molecule has 1 aliphatic carbocycles. The molecule has 10 heteroatoms. The van der Waals surface area contributed by atoms with Crippen molar-refractivity contribution in [1.29, 1.82) is 0 Å². The lowest BCUT2D eigenvalue weighted by Gasteiger charge is -2.29. The molecule has 0 aromatic heterocycles. The van der Waals surface area contributed by atoms with E-state index >= 15 is 0 Å². The fourth-order valence-electron chi connectivity index (χ4n) is 4.19. The molecule has 0 heterocycles. The number of alkyl halides is 3. The Labute approximate surface area is 206 Å². The highest BCUT2D eigenvalue weighted by Gasteiger charge is 2.36. The minimum atomic E-state index is -4.80. The summed E-state index contributed by atoms with van der Waals surface area (Å²) < 4.78 is 68.0. The summed E-state index contributed by atoms with van der Waals surface area (Å²) >= 11 is 5.73. The molecule has 3 aromatic carbocycles. The van der Waals surface area contributed by atoms with Crippen molar-refractivity contribution in [1.82, 2.24) is 5.32 Å². The van der Waals surface area contributed by atoms with Crippen LogP contribution in [-0.2, 0) is 27.4 Å². The Morgan fingerprint density at radius 3 is 2.43 bits per heavy atom. The summed E-state index contributed by atoms with van der Waals surface area (Å²) in [7, 11) is -4.36. The first kappa shape index (κ1) is 25.1. The van der Waals surface area contributed by atoms with Crippen LogP contribution in [0.15, 0.2) is 77.7 Å². The molecule has 4 rings (SSSR count). The van der Waals surface area contributed by atoms with Gasteiger partial charge in [0.1, 0.15) is 6.54 Å². The molecule has 0 spiro atoms. The van der Waals surface area contributed by atoms with Gasteiger partial charge in [-0.25, -0.2) is 8.42 Å². The second-order valence-corrected chi connectivity index (χ2v) is 10.5. The molecular formula is C25H22ClF3N2O3S. The van der Waals surface area contributed by atoms with Crippen molar-refractivity contribution in [3.8, 4) is 0 Å². The van der Waals surface area contributed by atoms with Gasteiger partial charge in [-0.3, -0.25) is 9.10 Å². The molecule has 35 heavy (non-hydrogen) atoms. The number of fused-ring (bicyclic) bond motifs is 1. The maximum atomic E-state index is 13.5. The summed E-state index contributed by atoms with van der Waals surface area (Å²) in [4.78, 5) is 12.9. The lowest BCUT2D eigenvalue weighted by molar-refractivity contribution is -0.137. The number of hydrogen-bond acceptors (Lipinski definition) is 3. The number of aryl methyl sites for hydroxylation is 1. The van der Waals surface area contributed by atoms with Crippen LogP contribution in [0.3, 0.4) is 0 Å². The molecule has 0 radical (unpaired) electrons. The Balaban J connectivity index is 1.69. The second-order valence-electron chi connectivity index (χ2n) is 8.20. The predicted octanol–water partition coefficient (Wildman–Crippen LogP) is 5.75. The first-order chi connectivity index (χ1) is 16.6. The summed E-state index contributed by atoms with van der Waals surface area (Å²) in [5.41, 5.74) is 0.553. The Bertz CT molecular complexity index is 1330. The van der Waals surface area contributed by atoms with E-state index < -0.39 is 39.2 Å². The number of carbonyl (C=O) groups is 1. The third kappa shape index (κ3) is 5.46. The zero-order valence-electron chi connectivity index (χ0n) is 18.4. The molecule has 1 N–H and O–H groups in total. The molecule has 1 atom stereocenters. The van der Waals surface area contributed by atoms with Crippen LogP contribution in [0, 0.1) is 0 Å². The highest BCUT2D eigenvalue weighted by atomic mass is 35.5. The fraction of sp³-hybridized carbons (Fsp3) is 0.240. The number of carbonyl (C=O) groups excluding carboxylic acids is 1. The molecule has 0 bridgehead atoms. The van der Waals surface area contributed by atoms with E-state index in [9.17, 15) is 26.4 Å². The molecule has 1 unspecified atom stereocenters. The van der Waals surface area contributed by atoms with Crippen LogP contribution in [-0.4, -0.2) is 20.9 Å². The van der Waals surface area contributed by atoms with Gasteiger partial charge in [-0.2, -0.15) is 13.2 Å². The Morgan fingerprint density at radius 2 is 1.71 bits per heavy atom. The van der Waals surface area contributed by atoms with E-state index in [1.165, 1.54) is 24.3 Å².